The van der Waals surface area contributed by atoms with Crippen LogP contribution in [0.15, 0.2) is 36.5 Å². The molecule has 6 nitrogen and oxygen atoms in total. The molecule has 0 saturated carbocycles. The molecule has 1 amide bonds. The predicted molar refractivity (Wildman–Crippen MR) is 116 cm³/mol. The number of pyridine rings is 1. The van der Waals surface area contributed by atoms with Crippen LogP contribution in [-0.2, 0) is 4.74 Å². The van der Waals surface area contributed by atoms with Crippen LogP contribution in [0.1, 0.15) is 23.2 Å². The van der Waals surface area contributed by atoms with Crippen molar-refractivity contribution < 1.29 is 9.53 Å². The molecule has 3 heterocycles. The zero-order valence-electron chi connectivity index (χ0n) is 16.1. The minimum absolute atomic E-state index is 0.0424. The third kappa shape index (κ3) is 4.77. The predicted octanol–water partition coefficient (Wildman–Crippen LogP) is 3.62. The van der Waals surface area contributed by atoms with Gasteiger partial charge in [-0.2, -0.15) is 0 Å². The fourth-order valence-electron chi connectivity index (χ4n) is 3.92. The summed E-state index contributed by atoms with van der Waals surface area (Å²) < 4.78 is 5.42. The maximum absolute atomic E-state index is 13.1. The lowest BCUT2D eigenvalue weighted by Crippen LogP contribution is -2.48. The highest BCUT2D eigenvalue weighted by atomic mass is 35.5. The van der Waals surface area contributed by atoms with Crippen LogP contribution in [0.5, 0.6) is 0 Å². The summed E-state index contributed by atoms with van der Waals surface area (Å²) in [5.74, 6) is 0.635. The van der Waals surface area contributed by atoms with Gasteiger partial charge in [0.15, 0.2) is 0 Å². The standard InChI is InChI=1S/C21H24Cl2N4O2/c22-15-5-6-19(18(23)13-15)27-8-2-3-16(14-27)25-21(28)17-4-1-7-24-20(17)26-9-11-29-12-10-26/h1,4-7,13,16H,2-3,8-12,14H2,(H,25,28). The van der Waals surface area contributed by atoms with Gasteiger partial charge in [-0.05, 0) is 43.2 Å². The van der Waals surface area contributed by atoms with E-state index in [-0.39, 0.29) is 11.9 Å². The van der Waals surface area contributed by atoms with E-state index >= 15 is 0 Å². The van der Waals surface area contributed by atoms with E-state index in [0.717, 1.165) is 44.0 Å². The molecule has 0 aliphatic carbocycles. The minimum Gasteiger partial charge on any atom is -0.378 e. The molecule has 0 bridgehead atoms. The number of rotatable bonds is 4. The van der Waals surface area contributed by atoms with Crippen molar-refractivity contribution in [3.8, 4) is 0 Å². The first-order chi connectivity index (χ1) is 14.1. The first-order valence-electron chi connectivity index (χ1n) is 9.90. The highest BCUT2D eigenvalue weighted by molar-refractivity contribution is 6.36. The van der Waals surface area contributed by atoms with Crippen LogP contribution < -0.4 is 15.1 Å². The molecule has 0 radical (unpaired) electrons. The Bertz CT molecular complexity index is 874. The number of ether oxygens (including phenoxy) is 1. The van der Waals surface area contributed by atoms with E-state index in [0.29, 0.717) is 35.4 Å². The summed E-state index contributed by atoms with van der Waals surface area (Å²) in [6.45, 7) is 4.39. The maximum Gasteiger partial charge on any atom is 0.255 e. The van der Waals surface area contributed by atoms with Crippen molar-refractivity contribution in [3.63, 3.8) is 0 Å². The van der Waals surface area contributed by atoms with Crippen LogP contribution in [-0.4, -0.2) is 56.3 Å². The van der Waals surface area contributed by atoms with Gasteiger partial charge in [0, 0.05) is 43.4 Å². The molecule has 0 spiro atoms. The molecule has 8 heteroatoms. The van der Waals surface area contributed by atoms with Gasteiger partial charge >= 0.3 is 0 Å². The second-order valence-electron chi connectivity index (χ2n) is 7.33. The number of aromatic nitrogens is 1. The summed E-state index contributed by atoms with van der Waals surface area (Å²) in [5, 5.41) is 4.45. The monoisotopic (exact) mass is 434 g/mol. The lowest BCUT2D eigenvalue weighted by atomic mass is 10.0. The third-order valence-electron chi connectivity index (χ3n) is 5.35. The van der Waals surface area contributed by atoms with Crippen molar-refractivity contribution in [2.75, 3.05) is 49.2 Å². The third-order valence-corrected chi connectivity index (χ3v) is 5.89. The van der Waals surface area contributed by atoms with Crippen LogP contribution in [0.25, 0.3) is 0 Å². The fourth-order valence-corrected chi connectivity index (χ4v) is 4.44. The van der Waals surface area contributed by atoms with E-state index in [4.69, 9.17) is 27.9 Å². The van der Waals surface area contributed by atoms with Crippen molar-refractivity contribution in [2.24, 2.45) is 0 Å². The van der Waals surface area contributed by atoms with Crippen LogP contribution in [0.3, 0.4) is 0 Å². The van der Waals surface area contributed by atoms with E-state index in [1.807, 2.05) is 18.2 Å². The number of hydrogen-bond acceptors (Lipinski definition) is 5. The van der Waals surface area contributed by atoms with E-state index in [9.17, 15) is 4.79 Å². The molecule has 4 rings (SSSR count). The van der Waals surface area contributed by atoms with Gasteiger partial charge in [-0.1, -0.05) is 23.2 Å². The molecule has 2 saturated heterocycles. The van der Waals surface area contributed by atoms with Crippen molar-refractivity contribution in [2.45, 2.75) is 18.9 Å². The quantitative estimate of drug-likeness (QED) is 0.795. The second-order valence-corrected chi connectivity index (χ2v) is 8.17. The number of carbonyl (C=O) groups excluding carboxylic acids is 1. The van der Waals surface area contributed by atoms with Crippen molar-refractivity contribution in [1.29, 1.82) is 0 Å². The summed E-state index contributed by atoms with van der Waals surface area (Å²) in [6.07, 6.45) is 3.64. The van der Waals surface area contributed by atoms with Gasteiger partial charge in [0.25, 0.3) is 5.91 Å². The number of nitrogens with one attached hydrogen (secondary N) is 1. The lowest BCUT2D eigenvalue weighted by molar-refractivity contribution is 0.0931. The molecule has 154 valence electrons. The number of morpholine rings is 1. The molecule has 1 N–H and O–H groups in total. The van der Waals surface area contributed by atoms with Crippen LogP contribution in [0.2, 0.25) is 10.0 Å². The lowest BCUT2D eigenvalue weighted by Gasteiger charge is -2.35. The van der Waals surface area contributed by atoms with Crippen LogP contribution in [0, 0.1) is 0 Å². The summed E-state index contributed by atoms with van der Waals surface area (Å²) in [4.78, 5) is 21.8. The molecule has 1 atom stereocenters. The van der Waals surface area contributed by atoms with Crippen molar-refractivity contribution in [1.82, 2.24) is 10.3 Å². The number of amides is 1. The van der Waals surface area contributed by atoms with Gasteiger partial charge in [-0.25, -0.2) is 4.98 Å². The fraction of sp³-hybridized carbons (Fsp3) is 0.429. The SMILES string of the molecule is O=C(NC1CCCN(c2ccc(Cl)cc2Cl)C1)c1cccnc1N1CCOCC1. The Morgan fingerprint density at radius 2 is 1.97 bits per heavy atom. The number of halogens is 2. The van der Waals surface area contributed by atoms with Gasteiger partial charge in [0.05, 0.1) is 29.5 Å². The minimum atomic E-state index is -0.0892. The molecule has 29 heavy (non-hydrogen) atoms. The maximum atomic E-state index is 13.1. The number of carbonyl (C=O) groups is 1. The molecule has 2 aliphatic rings. The normalized spacial score (nSPS) is 19.9. The average molecular weight is 435 g/mol. The first kappa shape index (κ1) is 20.3. The molecular weight excluding hydrogens is 411 g/mol. The molecule has 2 fully saturated rings. The van der Waals surface area contributed by atoms with Gasteiger partial charge in [0.2, 0.25) is 0 Å². The van der Waals surface area contributed by atoms with Crippen molar-refractivity contribution >= 4 is 40.6 Å². The molecule has 1 aromatic heterocycles. The van der Waals surface area contributed by atoms with Gasteiger partial charge in [0.1, 0.15) is 5.82 Å². The number of hydrogen-bond donors (Lipinski definition) is 1. The van der Waals surface area contributed by atoms with Crippen LogP contribution >= 0.6 is 23.2 Å². The summed E-state index contributed by atoms with van der Waals surface area (Å²) in [5.41, 5.74) is 1.56. The Labute approximate surface area is 180 Å². The smallest absolute Gasteiger partial charge is 0.255 e. The van der Waals surface area contributed by atoms with Gasteiger partial charge in [-0.3, -0.25) is 4.79 Å². The first-order valence-corrected chi connectivity index (χ1v) is 10.7. The number of benzene rings is 1. The zero-order valence-corrected chi connectivity index (χ0v) is 17.6. The largest absolute Gasteiger partial charge is 0.378 e. The molecule has 1 unspecified atom stereocenters. The number of piperidine rings is 1. The highest BCUT2D eigenvalue weighted by Crippen LogP contribution is 2.31. The van der Waals surface area contributed by atoms with E-state index in [1.165, 1.54) is 0 Å². The van der Waals surface area contributed by atoms with Crippen molar-refractivity contribution in [3.05, 3.63) is 52.1 Å². The van der Waals surface area contributed by atoms with E-state index < -0.39 is 0 Å². The number of anilines is 2. The second kappa shape index (κ2) is 9.20. The summed E-state index contributed by atoms with van der Waals surface area (Å²) in [6, 6.07) is 9.22. The molecule has 2 aromatic rings. The summed E-state index contributed by atoms with van der Waals surface area (Å²) >= 11 is 12.4. The van der Waals surface area contributed by atoms with E-state index in [1.54, 1.807) is 18.3 Å². The Kier molecular flexibility index (Phi) is 6.43. The Hall–Kier alpha value is -2.02. The Morgan fingerprint density at radius 3 is 2.76 bits per heavy atom. The Morgan fingerprint density at radius 1 is 1.14 bits per heavy atom. The summed E-state index contributed by atoms with van der Waals surface area (Å²) in [7, 11) is 0. The topological polar surface area (TPSA) is 57.7 Å². The van der Waals surface area contributed by atoms with Gasteiger partial charge < -0.3 is 19.9 Å². The average Bonchev–Trinajstić information content (AvgIpc) is 2.74. The molecule has 2 aliphatic heterocycles. The highest BCUT2D eigenvalue weighted by Gasteiger charge is 2.26. The van der Waals surface area contributed by atoms with Crippen LogP contribution in [0.4, 0.5) is 11.5 Å². The number of nitrogens with zero attached hydrogens (tertiary/aromatic N) is 3. The van der Waals surface area contributed by atoms with E-state index in [2.05, 4.69) is 20.1 Å². The zero-order chi connectivity index (χ0) is 20.2. The molecule has 1 aromatic carbocycles. The van der Waals surface area contributed by atoms with Gasteiger partial charge in [-0.15, -0.1) is 0 Å². The Balaban J connectivity index is 1.46. The molecular formula is C21H24Cl2N4O2.